The van der Waals surface area contributed by atoms with Crippen LogP contribution in [0.15, 0.2) is 41.2 Å². The average molecular weight is 346 g/mol. The van der Waals surface area contributed by atoms with Crippen molar-refractivity contribution in [2.45, 2.75) is 18.9 Å². The van der Waals surface area contributed by atoms with Gasteiger partial charge in [0.25, 0.3) is 11.8 Å². The number of methoxy groups -OCH3 is 1. The lowest BCUT2D eigenvalue weighted by atomic mass is 10.0. The maximum Gasteiger partial charge on any atom is 0.257 e. The minimum Gasteiger partial charge on any atom is -0.494 e. The molecule has 1 aliphatic rings. The van der Waals surface area contributed by atoms with Gasteiger partial charge in [0.05, 0.1) is 24.5 Å². The number of halogens is 1. The number of benzene rings is 1. The van der Waals surface area contributed by atoms with Crippen LogP contribution in [-0.2, 0) is 0 Å². The monoisotopic (exact) mass is 346 g/mol. The van der Waals surface area contributed by atoms with E-state index in [1.807, 2.05) is 0 Å². The molecule has 1 fully saturated rings. The van der Waals surface area contributed by atoms with Gasteiger partial charge in [-0.1, -0.05) is 6.07 Å². The number of nitrogens with zero attached hydrogens (tertiary/aromatic N) is 1. The van der Waals surface area contributed by atoms with Gasteiger partial charge in [-0.05, 0) is 31.0 Å². The van der Waals surface area contributed by atoms with E-state index in [4.69, 9.17) is 9.15 Å². The van der Waals surface area contributed by atoms with Gasteiger partial charge in [-0.2, -0.15) is 0 Å². The van der Waals surface area contributed by atoms with Crippen molar-refractivity contribution in [2.75, 3.05) is 20.2 Å². The van der Waals surface area contributed by atoms with Crippen LogP contribution in [0.1, 0.15) is 33.6 Å². The van der Waals surface area contributed by atoms with Crippen LogP contribution in [0.2, 0.25) is 0 Å². The summed E-state index contributed by atoms with van der Waals surface area (Å²) in [5.74, 6) is -1.20. The van der Waals surface area contributed by atoms with Crippen molar-refractivity contribution in [2.24, 2.45) is 0 Å². The first-order chi connectivity index (χ1) is 12.1. The van der Waals surface area contributed by atoms with Crippen molar-refractivity contribution >= 4 is 11.8 Å². The number of hydrogen-bond donors (Lipinski definition) is 1. The molecule has 0 atom stereocenters. The number of hydrogen-bond acceptors (Lipinski definition) is 4. The maximum absolute atomic E-state index is 14.2. The molecule has 0 saturated carbocycles. The highest BCUT2D eigenvalue weighted by Gasteiger charge is 2.26. The van der Waals surface area contributed by atoms with E-state index in [2.05, 4.69) is 5.32 Å². The number of carbonyl (C=O) groups is 2. The van der Waals surface area contributed by atoms with Gasteiger partial charge in [0.2, 0.25) is 0 Å². The lowest BCUT2D eigenvalue weighted by Crippen LogP contribution is -2.46. The van der Waals surface area contributed by atoms with Crippen LogP contribution in [0.4, 0.5) is 4.39 Å². The number of rotatable bonds is 4. The van der Waals surface area contributed by atoms with Gasteiger partial charge in [-0.15, -0.1) is 0 Å². The minimum atomic E-state index is -0.671. The van der Waals surface area contributed by atoms with Crippen LogP contribution in [0.3, 0.4) is 0 Å². The molecule has 0 radical (unpaired) electrons. The molecule has 0 unspecified atom stereocenters. The number of piperidine rings is 1. The SMILES string of the molecule is COc1cccc(C(=O)NC2CCN(C(=O)c3ccoc3)CC2)c1F. The molecule has 2 amide bonds. The first kappa shape index (κ1) is 17.0. The number of furan rings is 1. The Morgan fingerprint density at radius 2 is 2.04 bits per heavy atom. The van der Waals surface area contributed by atoms with Crippen LogP contribution < -0.4 is 10.1 Å². The fourth-order valence-electron chi connectivity index (χ4n) is 2.90. The van der Waals surface area contributed by atoms with Gasteiger partial charge in [-0.3, -0.25) is 9.59 Å². The van der Waals surface area contributed by atoms with Crippen LogP contribution in [0.5, 0.6) is 5.75 Å². The molecule has 6 nitrogen and oxygen atoms in total. The van der Waals surface area contributed by atoms with E-state index >= 15 is 0 Å². The Morgan fingerprint density at radius 1 is 1.28 bits per heavy atom. The van der Waals surface area contributed by atoms with E-state index in [0.29, 0.717) is 31.5 Å². The van der Waals surface area contributed by atoms with E-state index in [1.54, 1.807) is 17.0 Å². The lowest BCUT2D eigenvalue weighted by molar-refractivity contribution is 0.0697. The number of likely N-dealkylation sites (tertiary alicyclic amines) is 1. The highest BCUT2D eigenvalue weighted by Crippen LogP contribution is 2.21. The molecule has 1 aromatic carbocycles. The first-order valence-electron chi connectivity index (χ1n) is 8.05. The molecule has 1 aromatic heterocycles. The van der Waals surface area contributed by atoms with Crippen LogP contribution in [0, 0.1) is 5.82 Å². The third-order valence-electron chi connectivity index (χ3n) is 4.31. The second kappa shape index (κ2) is 7.38. The minimum absolute atomic E-state index is 0.0354. The molecule has 0 bridgehead atoms. The summed E-state index contributed by atoms with van der Waals surface area (Å²) < 4.78 is 24.0. The zero-order chi connectivity index (χ0) is 17.8. The molecular formula is C18H19FN2O4. The van der Waals surface area contributed by atoms with Gasteiger partial charge >= 0.3 is 0 Å². The fraction of sp³-hybridized carbons (Fsp3) is 0.333. The molecule has 3 rings (SSSR count). The predicted octanol–water partition coefficient (Wildman–Crippen LogP) is 2.46. The van der Waals surface area contributed by atoms with Gasteiger partial charge in [0.15, 0.2) is 11.6 Å². The molecule has 7 heteroatoms. The van der Waals surface area contributed by atoms with Crippen molar-refractivity contribution in [1.82, 2.24) is 10.2 Å². The number of carbonyl (C=O) groups excluding carboxylic acids is 2. The number of ether oxygens (including phenoxy) is 1. The van der Waals surface area contributed by atoms with E-state index in [-0.39, 0.29) is 23.3 Å². The predicted molar refractivity (Wildman–Crippen MR) is 88.1 cm³/mol. The van der Waals surface area contributed by atoms with Gasteiger partial charge < -0.3 is 19.4 Å². The zero-order valence-electron chi connectivity index (χ0n) is 13.8. The third kappa shape index (κ3) is 3.65. The van der Waals surface area contributed by atoms with Crippen LogP contribution in [0.25, 0.3) is 0 Å². The van der Waals surface area contributed by atoms with E-state index in [0.717, 1.165) is 0 Å². The normalized spacial score (nSPS) is 15.0. The average Bonchev–Trinajstić information content (AvgIpc) is 3.16. The van der Waals surface area contributed by atoms with Crippen molar-refractivity contribution in [3.63, 3.8) is 0 Å². The lowest BCUT2D eigenvalue weighted by Gasteiger charge is -2.32. The second-order valence-corrected chi connectivity index (χ2v) is 5.87. The molecule has 2 heterocycles. The topological polar surface area (TPSA) is 71.8 Å². The second-order valence-electron chi connectivity index (χ2n) is 5.87. The Labute approximate surface area is 144 Å². The standard InChI is InChI=1S/C18H19FN2O4/c1-24-15-4-2-3-14(16(15)19)17(22)20-13-5-8-21(9-6-13)18(23)12-7-10-25-11-12/h2-4,7,10-11,13H,5-6,8-9H2,1H3,(H,20,22). The zero-order valence-corrected chi connectivity index (χ0v) is 13.8. The van der Waals surface area contributed by atoms with Crippen molar-refractivity contribution < 1.29 is 23.1 Å². The summed E-state index contributed by atoms with van der Waals surface area (Å²) in [6.45, 7) is 1.05. The summed E-state index contributed by atoms with van der Waals surface area (Å²) in [5, 5.41) is 2.83. The van der Waals surface area contributed by atoms with Gasteiger partial charge in [0, 0.05) is 19.1 Å². The molecule has 1 saturated heterocycles. The third-order valence-corrected chi connectivity index (χ3v) is 4.31. The Balaban J connectivity index is 1.57. The Hall–Kier alpha value is -2.83. The van der Waals surface area contributed by atoms with Gasteiger partial charge in [-0.25, -0.2) is 4.39 Å². The summed E-state index contributed by atoms with van der Waals surface area (Å²) in [6.07, 6.45) is 4.10. The molecular weight excluding hydrogens is 327 g/mol. The molecule has 1 aliphatic heterocycles. The van der Waals surface area contributed by atoms with E-state index in [9.17, 15) is 14.0 Å². The Bertz CT molecular complexity index is 752. The summed E-state index contributed by atoms with van der Waals surface area (Å²) in [6, 6.07) is 5.98. The Kier molecular flexibility index (Phi) is 5.02. The van der Waals surface area contributed by atoms with Crippen LogP contribution in [-0.4, -0.2) is 43.0 Å². The number of nitrogens with one attached hydrogen (secondary N) is 1. The molecule has 0 spiro atoms. The van der Waals surface area contributed by atoms with Crippen molar-refractivity contribution in [1.29, 1.82) is 0 Å². The van der Waals surface area contributed by atoms with E-state index in [1.165, 1.54) is 31.8 Å². The fourth-order valence-corrected chi connectivity index (χ4v) is 2.90. The van der Waals surface area contributed by atoms with Crippen LogP contribution >= 0.6 is 0 Å². The summed E-state index contributed by atoms with van der Waals surface area (Å²) in [4.78, 5) is 26.3. The molecule has 0 aliphatic carbocycles. The highest BCUT2D eigenvalue weighted by atomic mass is 19.1. The molecule has 25 heavy (non-hydrogen) atoms. The largest absolute Gasteiger partial charge is 0.494 e. The Morgan fingerprint density at radius 3 is 2.68 bits per heavy atom. The maximum atomic E-state index is 14.2. The summed E-state index contributed by atoms with van der Waals surface area (Å²) >= 11 is 0. The van der Waals surface area contributed by atoms with Crippen molar-refractivity contribution in [3.8, 4) is 5.75 Å². The van der Waals surface area contributed by atoms with Crippen molar-refractivity contribution in [3.05, 3.63) is 53.7 Å². The first-order valence-corrected chi connectivity index (χ1v) is 8.05. The molecule has 2 aromatic rings. The smallest absolute Gasteiger partial charge is 0.257 e. The van der Waals surface area contributed by atoms with E-state index < -0.39 is 11.7 Å². The molecule has 1 N–H and O–H groups in total. The number of amides is 2. The molecule has 132 valence electrons. The van der Waals surface area contributed by atoms with Gasteiger partial charge in [0.1, 0.15) is 6.26 Å². The quantitative estimate of drug-likeness (QED) is 0.923. The summed E-state index contributed by atoms with van der Waals surface area (Å²) in [7, 11) is 1.35. The summed E-state index contributed by atoms with van der Waals surface area (Å²) in [5.41, 5.74) is 0.470. The highest BCUT2D eigenvalue weighted by molar-refractivity contribution is 5.95.